The number of thiophene rings is 1. The molecule has 0 saturated heterocycles. The Bertz CT molecular complexity index is 1270. The van der Waals surface area contributed by atoms with Gasteiger partial charge in [0.15, 0.2) is 11.6 Å². The van der Waals surface area contributed by atoms with Gasteiger partial charge in [-0.1, -0.05) is 11.2 Å². The van der Waals surface area contributed by atoms with Crippen LogP contribution in [0.25, 0.3) is 21.5 Å². The van der Waals surface area contributed by atoms with Crippen molar-refractivity contribution in [2.24, 2.45) is 0 Å². The van der Waals surface area contributed by atoms with Gasteiger partial charge in [0.2, 0.25) is 0 Å². The van der Waals surface area contributed by atoms with Crippen molar-refractivity contribution in [3.05, 3.63) is 46.7 Å². The van der Waals surface area contributed by atoms with Crippen LogP contribution in [0.15, 0.2) is 34.3 Å². The average molecular weight is 455 g/mol. The maximum absolute atomic E-state index is 11.9. The summed E-state index contributed by atoms with van der Waals surface area (Å²) in [5.41, 5.74) is 8.62. The molecule has 11 heteroatoms. The van der Waals surface area contributed by atoms with E-state index in [4.69, 9.17) is 24.8 Å². The van der Waals surface area contributed by atoms with Crippen molar-refractivity contribution in [2.45, 2.75) is 20.5 Å². The number of carbonyl (C=O) groups excluding carboxylic acids is 1. The van der Waals surface area contributed by atoms with Crippen LogP contribution >= 0.6 is 11.3 Å². The van der Waals surface area contributed by atoms with E-state index in [0.717, 1.165) is 16.7 Å². The van der Waals surface area contributed by atoms with E-state index in [1.54, 1.807) is 6.92 Å². The van der Waals surface area contributed by atoms with E-state index in [-0.39, 0.29) is 25.5 Å². The number of aliphatic hydroxyl groups excluding tert-OH is 1. The molecule has 0 unspecified atom stereocenters. The summed E-state index contributed by atoms with van der Waals surface area (Å²) in [5, 5.41) is 17.6. The molecule has 1 amide bonds. The number of pyridine rings is 1. The van der Waals surface area contributed by atoms with Gasteiger partial charge in [0.25, 0.3) is 5.89 Å². The van der Waals surface area contributed by atoms with Crippen molar-refractivity contribution in [3.8, 4) is 23.0 Å². The highest BCUT2D eigenvalue weighted by atomic mass is 32.1. The largest absolute Gasteiger partial charge is 0.489 e. The fourth-order valence-corrected chi connectivity index (χ4v) is 4.05. The van der Waals surface area contributed by atoms with E-state index >= 15 is 0 Å². The highest BCUT2D eigenvalue weighted by Crippen LogP contribution is 2.37. The molecule has 10 nitrogen and oxygen atoms in total. The number of anilines is 1. The second-order valence-corrected chi connectivity index (χ2v) is 7.81. The molecule has 4 N–H and O–H groups in total. The van der Waals surface area contributed by atoms with Gasteiger partial charge in [-0.05, 0) is 36.9 Å². The summed E-state index contributed by atoms with van der Waals surface area (Å²) >= 11 is 1.38. The molecule has 0 spiro atoms. The van der Waals surface area contributed by atoms with E-state index in [2.05, 4.69) is 20.4 Å². The molecule has 0 bridgehead atoms. The van der Waals surface area contributed by atoms with E-state index in [1.165, 1.54) is 17.5 Å². The lowest BCUT2D eigenvalue weighted by Crippen LogP contribution is -2.29. The number of nitrogens with one attached hydrogen (secondary N) is 1. The summed E-state index contributed by atoms with van der Waals surface area (Å²) in [5.74, 6) is 2.24. The third-order valence-electron chi connectivity index (χ3n) is 4.60. The van der Waals surface area contributed by atoms with E-state index in [9.17, 15) is 4.79 Å². The maximum Gasteiger partial charge on any atom is 0.412 e. The predicted molar refractivity (Wildman–Crippen MR) is 119 cm³/mol. The van der Waals surface area contributed by atoms with Gasteiger partial charge >= 0.3 is 6.09 Å². The predicted octanol–water partition coefficient (Wildman–Crippen LogP) is 3.21. The molecule has 0 radical (unpaired) electrons. The topological polar surface area (TPSA) is 146 Å². The summed E-state index contributed by atoms with van der Waals surface area (Å²) in [6.07, 6.45) is 0.721. The van der Waals surface area contributed by atoms with Crippen molar-refractivity contribution >= 4 is 33.3 Å². The molecule has 1 aromatic carbocycles. The number of benzene rings is 1. The standard InChI is InChI=1S/C21H21N5O5S/c1-11-3-4-13(20-25-12(2)26-31-20)7-15(11)29-9-14-10-32-18-16(8-24-19(22)17(14)18)30-21(28)23-5-6-27/h3-4,7-8,10,27H,5-6,9H2,1-2H3,(H2,22,24)(H,23,28). The fraction of sp³-hybridized carbons (Fsp3) is 0.238. The highest BCUT2D eigenvalue weighted by molar-refractivity contribution is 7.17. The molecule has 32 heavy (non-hydrogen) atoms. The van der Waals surface area contributed by atoms with Crippen molar-refractivity contribution in [3.63, 3.8) is 0 Å². The molecule has 0 fully saturated rings. The van der Waals surface area contributed by atoms with Gasteiger partial charge in [-0.3, -0.25) is 0 Å². The van der Waals surface area contributed by atoms with Gasteiger partial charge in [-0.2, -0.15) is 4.98 Å². The molecule has 3 heterocycles. The van der Waals surface area contributed by atoms with Crippen LogP contribution in [0, 0.1) is 13.8 Å². The lowest BCUT2D eigenvalue weighted by Gasteiger charge is -2.11. The zero-order valence-corrected chi connectivity index (χ0v) is 18.2. The number of ether oxygens (including phenoxy) is 2. The van der Waals surface area contributed by atoms with Crippen LogP contribution in [0.4, 0.5) is 10.6 Å². The first-order valence-electron chi connectivity index (χ1n) is 9.71. The molecule has 0 aliphatic heterocycles. The summed E-state index contributed by atoms with van der Waals surface area (Å²) in [6, 6.07) is 5.66. The van der Waals surface area contributed by atoms with Crippen LogP contribution < -0.4 is 20.5 Å². The average Bonchev–Trinajstić information content (AvgIpc) is 3.41. The number of amides is 1. The zero-order chi connectivity index (χ0) is 22.7. The van der Waals surface area contributed by atoms with Crippen molar-refractivity contribution in [1.82, 2.24) is 20.4 Å². The zero-order valence-electron chi connectivity index (χ0n) is 17.4. The Morgan fingerprint density at radius 2 is 2.16 bits per heavy atom. The normalized spacial score (nSPS) is 11.0. The first-order valence-corrected chi connectivity index (χ1v) is 10.6. The van der Waals surface area contributed by atoms with Crippen LogP contribution in [-0.4, -0.2) is 39.5 Å². The molecule has 4 rings (SSSR count). The Morgan fingerprint density at radius 1 is 1.31 bits per heavy atom. The lowest BCUT2D eigenvalue weighted by atomic mass is 10.1. The molecule has 0 atom stereocenters. The third-order valence-corrected chi connectivity index (χ3v) is 5.64. The van der Waals surface area contributed by atoms with E-state index in [1.807, 2.05) is 30.5 Å². The van der Waals surface area contributed by atoms with Crippen LogP contribution in [0.3, 0.4) is 0 Å². The first-order chi connectivity index (χ1) is 15.5. The minimum Gasteiger partial charge on any atom is -0.489 e. The molecular weight excluding hydrogens is 434 g/mol. The quantitative estimate of drug-likeness (QED) is 0.382. The van der Waals surface area contributed by atoms with Gasteiger partial charge in [-0.15, -0.1) is 11.3 Å². The molecular formula is C21H21N5O5S. The van der Waals surface area contributed by atoms with Crippen molar-refractivity contribution in [1.29, 1.82) is 0 Å². The van der Waals surface area contributed by atoms with Crippen LogP contribution in [0.5, 0.6) is 11.5 Å². The first kappa shape index (κ1) is 21.5. The summed E-state index contributed by atoms with van der Waals surface area (Å²) in [6.45, 7) is 3.84. The lowest BCUT2D eigenvalue weighted by molar-refractivity contribution is 0.196. The Morgan fingerprint density at radius 3 is 2.91 bits per heavy atom. The molecule has 166 valence electrons. The van der Waals surface area contributed by atoms with Gasteiger partial charge in [0, 0.05) is 23.1 Å². The van der Waals surface area contributed by atoms with Gasteiger partial charge < -0.3 is 30.2 Å². The number of hydrogen-bond donors (Lipinski definition) is 3. The third kappa shape index (κ3) is 4.48. The number of nitrogen functional groups attached to an aromatic ring is 1. The molecule has 3 aromatic heterocycles. The molecule has 4 aromatic rings. The molecule has 0 saturated carbocycles. The summed E-state index contributed by atoms with van der Waals surface area (Å²) in [4.78, 5) is 20.3. The monoisotopic (exact) mass is 455 g/mol. The number of carbonyl (C=O) groups is 1. The summed E-state index contributed by atoms with van der Waals surface area (Å²) in [7, 11) is 0. The van der Waals surface area contributed by atoms with Crippen molar-refractivity contribution in [2.75, 3.05) is 18.9 Å². The highest BCUT2D eigenvalue weighted by Gasteiger charge is 2.17. The Hall–Kier alpha value is -3.70. The fourth-order valence-electron chi connectivity index (χ4n) is 3.04. The van der Waals surface area contributed by atoms with E-state index < -0.39 is 6.09 Å². The van der Waals surface area contributed by atoms with Gasteiger partial charge in [0.05, 0.1) is 17.5 Å². The van der Waals surface area contributed by atoms with Gasteiger partial charge in [-0.25, -0.2) is 9.78 Å². The molecule has 0 aliphatic rings. The van der Waals surface area contributed by atoms with Gasteiger partial charge in [0.1, 0.15) is 18.2 Å². The Kier molecular flexibility index (Phi) is 6.19. The van der Waals surface area contributed by atoms with Crippen molar-refractivity contribution < 1.29 is 23.9 Å². The second-order valence-electron chi connectivity index (χ2n) is 6.93. The number of hydrogen-bond acceptors (Lipinski definition) is 10. The number of aryl methyl sites for hydroxylation is 2. The SMILES string of the molecule is Cc1noc(-c2ccc(C)c(OCc3csc4c(OC(=O)NCCO)cnc(N)c34)c2)n1. The number of rotatable bonds is 7. The van der Waals surface area contributed by atoms with Crippen LogP contribution in [0.2, 0.25) is 0 Å². The number of fused-ring (bicyclic) bond motifs is 1. The second kappa shape index (κ2) is 9.20. The smallest absolute Gasteiger partial charge is 0.412 e. The molecule has 0 aliphatic carbocycles. The maximum atomic E-state index is 11.9. The number of nitrogens with two attached hydrogens (primary N) is 1. The number of aromatic nitrogens is 3. The van der Waals surface area contributed by atoms with Crippen LogP contribution in [0.1, 0.15) is 17.0 Å². The minimum absolute atomic E-state index is 0.0927. The van der Waals surface area contributed by atoms with Crippen LogP contribution in [-0.2, 0) is 6.61 Å². The minimum atomic E-state index is -0.679. The Labute approximate surface area is 187 Å². The summed E-state index contributed by atoms with van der Waals surface area (Å²) < 4.78 is 17.3. The Balaban J connectivity index is 1.56. The number of aliphatic hydroxyl groups is 1. The van der Waals surface area contributed by atoms with E-state index in [0.29, 0.717) is 33.4 Å². The number of nitrogens with zero attached hydrogens (tertiary/aromatic N) is 3.